The lowest BCUT2D eigenvalue weighted by Crippen LogP contribution is -2.37. The van der Waals surface area contributed by atoms with Crippen molar-refractivity contribution in [2.24, 2.45) is 5.41 Å². The second kappa shape index (κ2) is 8.06. The van der Waals surface area contributed by atoms with Crippen molar-refractivity contribution < 1.29 is 19.4 Å². The van der Waals surface area contributed by atoms with E-state index in [2.05, 4.69) is 29.6 Å². The molecule has 0 saturated carbocycles. The molecule has 2 heterocycles. The highest BCUT2D eigenvalue weighted by Crippen LogP contribution is 2.47. The molecule has 3 aromatic rings. The average molecular weight is 459 g/mol. The molecule has 2 aliphatic rings. The maximum Gasteiger partial charge on any atom is 0.261 e. The Hall–Kier alpha value is -4.07. The van der Waals surface area contributed by atoms with E-state index in [4.69, 9.17) is 4.74 Å². The molecule has 0 spiro atoms. The third-order valence-corrected chi connectivity index (χ3v) is 6.30. The molecule has 8 nitrogen and oxygen atoms in total. The predicted molar refractivity (Wildman–Crippen MR) is 128 cm³/mol. The summed E-state index contributed by atoms with van der Waals surface area (Å²) >= 11 is 0. The first-order valence-corrected chi connectivity index (χ1v) is 11.1. The molecule has 0 bridgehead atoms. The molecule has 1 aliphatic carbocycles. The van der Waals surface area contributed by atoms with Gasteiger partial charge in [0.15, 0.2) is 17.3 Å². The summed E-state index contributed by atoms with van der Waals surface area (Å²) < 4.78 is 6.98. The van der Waals surface area contributed by atoms with Crippen molar-refractivity contribution in [1.82, 2.24) is 9.78 Å². The molecule has 34 heavy (non-hydrogen) atoms. The minimum Gasteiger partial charge on any atom is -0.504 e. The van der Waals surface area contributed by atoms with Crippen LogP contribution in [0.1, 0.15) is 48.7 Å². The quantitative estimate of drug-likeness (QED) is 0.531. The van der Waals surface area contributed by atoms with Gasteiger partial charge in [-0.1, -0.05) is 38.1 Å². The number of nitrogens with zero attached hydrogens (tertiary/aromatic N) is 2. The van der Waals surface area contributed by atoms with Crippen LogP contribution < -0.4 is 15.4 Å². The van der Waals surface area contributed by atoms with Crippen LogP contribution in [0.5, 0.6) is 11.5 Å². The molecular formula is C26H26N4O4. The molecular weight excluding hydrogens is 432 g/mol. The molecule has 2 aromatic carbocycles. The van der Waals surface area contributed by atoms with Crippen LogP contribution in [0.2, 0.25) is 0 Å². The summed E-state index contributed by atoms with van der Waals surface area (Å²) in [7, 11) is 1.48. The number of phenols is 1. The molecule has 1 aliphatic heterocycles. The molecule has 0 radical (unpaired) electrons. The van der Waals surface area contributed by atoms with E-state index in [9.17, 15) is 14.7 Å². The largest absolute Gasteiger partial charge is 0.504 e. The predicted octanol–water partition coefficient (Wildman–Crippen LogP) is 4.51. The lowest BCUT2D eigenvalue weighted by molar-refractivity contribution is -0.118. The lowest BCUT2D eigenvalue weighted by atomic mass is 9.73. The summed E-state index contributed by atoms with van der Waals surface area (Å²) in [5.41, 5.74) is 2.99. The fourth-order valence-corrected chi connectivity index (χ4v) is 4.77. The Morgan fingerprint density at radius 2 is 1.97 bits per heavy atom. The van der Waals surface area contributed by atoms with Gasteiger partial charge in [0.1, 0.15) is 17.4 Å². The first-order valence-electron chi connectivity index (χ1n) is 11.1. The maximum absolute atomic E-state index is 13.3. The van der Waals surface area contributed by atoms with E-state index in [0.29, 0.717) is 41.2 Å². The van der Waals surface area contributed by atoms with Gasteiger partial charge in [0.2, 0.25) is 0 Å². The summed E-state index contributed by atoms with van der Waals surface area (Å²) in [6, 6.07) is 13.7. The SMILES string of the molecule is COc1cc([C@@H]2C3=C(CC(C)(C)CC3=O)Nc3c(C(=O)Nc4ccccc4)cnn32)ccc1O. The van der Waals surface area contributed by atoms with Crippen LogP contribution in [0, 0.1) is 5.41 Å². The second-order valence-electron chi connectivity index (χ2n) is 9.46. The number of ether oxygens (including phenoxy) is 1. The minimum atomic E-state index is -0.553. The number of rotatable bonds is 4. The molecule has 3 N–H and O–H groups in total. The molecule has 0 saturated heterocycles. The number of carbonyl (C=O) groups is 2. The first kappa shape index (κ1) is 21.8. The summed E-state index contributed by atoms with van der Waals surface area (Å²) in [6.07, 6.45) is 2.58. The third kappa shape index (κ3) is 3.71. The van der Waals surface area contributed by atoms with Gasteiger partial charge < -0.3 is 20.5 Å². The fourth-order valence-electron chi connectivity index (χ4n) is 4.77. The van der Waals surface area contributed by atoms with Gasteiger partial charge in [-0.05, 0) is 41.7 Å². The highest BCUT2D eigenvalue weighted by Gasteiger charge is 2.42. The number of Topliss-reactive ketones (excluding diaryl/α,β-unsaturated/α-hetero) is 1. The first-order chi connectivity index (χ1) is 16.3. The number of ketones is 1. The molecule has 174 valence electrons. The summed E-state index contributed by atoms with van der Waals surface area (Å²) in [6.45, 7) is 4.12. The van der Waals surface area contributed by atoms with Crippen LogP contribution in [0.4, 0.5) is 11.5 Å². The van der Waals surface area contributed by atoms with Crippen molar-refractivity contribution in [2.45, 2.75) is 32.7 Å². The highest BCUT2D eigenvalue weighted by molar-refractivity contribution is 6.08. The molecule has 5 rings (SSSR count). The molecule has 8 heteroatoms. The number of allylic oxidation sites excluding steroid dienone is 2. The zero-order valence-electron chi connectivity index (χ0n) is 19.3. The monoisotopic (exact) mass is 458 g/mol. The molecule has 0 unspecified atom stereocenters. The smallest absolute Gasteiger partial charge is 0.261 e. The van der Waals surface area contributed by atoms with Crippen molar-refractivity contribution in [3.05, 3.63) is 77.1 Å². The Labute approximate surface area is 197 Å². The van der Waals surface area contributed by atoms with Crippen molar-refractivity contribution in [3.63, 3.8) is 0 Å². The number of phenolic OH excluding ortho intramolecular Hbond substituents is 1. The van der Waals surface area contributed by atoms with Crippen LogP contribution in [-0.4, -0.2) is 33.7 Å². The number of hydrogen-bond acceptors (Lipinski definition) is 6. The number of aromatic nitrogens is 2. The molecule has 1 amide bonds. The van der Waals surface area contributed by atoms with Gasteiger partial charge >= 0.3 is 0 Å². The number of methoxy groups -OCH3 is 1. The van der Waals surface area contributed by atoms with Crippen LogP contribution in [-0.2, 0) is 4.79 Å². The van der Waals surface area contributed by atoms with Gasteiger partial charge in [-0.2, -0.15) is 5.10 Å². The second-order valence-corrected chi connectivity index (χ2v) is 9.46. The van der Waals surface area contributed by atoms with Crippen LogP contribution in [0.15, 0.2) is 66.0 Å². The van der Waals surface area contributed by atoms with Crippen molar-refractivity contribution in [3.8, 4) is 11.5 Å². The van der Waals surface area contributed by atoms with Crippen molar-refractivity contribution >= 4 is 23.2 Å². The van der Waals surface area contributed by atoms with E-state index < -0.39 is 6.04 Å². The Morgan fingerprint density at radius 3 is 2.71 bits per heavy atom. The van der Waals surface area contributed by atoms with Gasteiger partial charge in [0.05, 0.1) is 13.3 Å². The Balaban J connectivity index is 1.63. The van der Waals surface area contributed by atoms with E-state index in [1.807, 2.05) is 30.3 Å². The average Bonchev–Trinajstić information content (AvgIpc) is 3.21. The molecule has 1 aromatic heterocycles. The van der Waals surface area contributed by atoms with E-state index in [-0.39, 0.29) is 22.9 Å². The van der Waals surface area contributed by atoms with Crippen molar-refractivity contribution in [2.75, 3.05) is 17.7 Å². The Bertz CT molecular complexity index is 1320. The minimum absolute atomic E-state index is 0.00843. The van der Waals surface area contributed by atoms with Gasteiger partial charge in [-0.3, -0.25) is 9.59 Å². The topological polar surface area (TPSA) is 105 Å². The van der Waals surface area contributed by atoms with Crippen LogP contribution >= 0.6 is 0 Å². The van der Waals surface area contributed by atoms with E-state index in [1.54, 1.807) is 22.9 Å². The Kier molecular flexibility index (Phi) is 5.16. The van der Waals surface area contributed by atoms with Gasteiger partial charge in [-0.25, -0.2) is 4.68 Å². The standard InChI is InChI=1S/C26H26N4O4/c1-26(2)12-18-22(20(32)13-26)23(15-9-10-19(31)21(11-15)34-3)30-24(29-18)17(14-27-30)25(33)28-16-7-5-4-6-8-16/h4-11,14,23,29,31H,12-13H2,1-3H3,(H,28,33)/t23-/m1/s1. The van der Waals surface area contributed by atoms with Crippen LogP contribution in [0.25, 0.3) is 0 Å². The summed E-state index contributed by atoms with van der Waals surface area (Å²) in [5, 5.41) is 20.9. The van der Waals surface area contributed by atoms with Crippen molar-refractivity contribution in [1.29, 1.82) is 0 Å². The zero-order chi connectivity index (χ0) is 24.0. The zero-order valence-corrected chi connectivity index (χ0v) is 19.3. The third-order valence-electron chi connectivity index (χ3n) is 6.30. The lowest BCUT2D eigenvalue weighted by Gasteiger charge is -2.39. The van der Waals surface area contributed by atoms with E-state index in [0.717, 1.165) is 11.3 Å². The van der Waals surface area contributed by atoms with E-state index in [1.165, 1.54) is 13.3 Å². The number of fused-ring (bicyclic) bond motifs is 1. The van der Waals surface area contributed by atoms with Gasteiger partial charge in [0, 0.05) is 23.4 Å². The molecule has 0 fully saturated rings. The summed E-state index contributed by atoms with van der Waals surface area (Å²) in [4.78, 5) is 26.5. The van der Waals surface area contributed by atoms with E-state index >= 15 is 0 Å². The number of aromatic hydroxyl groups is 1. The molecule has 1 atom stereocenters. The maximum atomic E-state index is 13.3. The number of nitrogens with one attached hydrogen (secondary N) is 2. The normalized spacial score (nSPS) is 18.6. The van der Waals surface area contributed by atoms with Gasteiger partial charge in [-0.15, -0.1) is 0 Å². The van der Waals surface area contributed by atoms with Crippen LogP contribution in [0.3, 0.4) is 0 Å². The number of carbonyl (C=O) groups excluding carboxylic acids is 2. The summed E-state index contributed by atoms with van der Waals surface area (Å²) in [5.74, 6) is 0.570. The number of para-hydroxylation sites is 1. The Morgan fingerprint density at radius 1 is 1.21 bits per heavy atom. The number of hydrogen-bond donors (Lipinski definition) is 3. The van der Waals surface area contributed by atoms with Gasteiger partial charge in [0.25, 0.3) is 5.91 Å². The fraction of sp³-hybridized carbons (Fsp3) is 0.269. The number of anilines is 2. The highest BCUT2D eigenvalue weighted by atomic mass is 16.5. The number of benzene rings is 2. The number of amides is 1.